The number of ether oxygens (including phenoxy) is 1. The third-order valence-electron chi connectivity index (χ3n) is 8.84. The van der Waals surface area contributed by atoms with E-state index in [1.54, 1.807) is 0 Å². The van der Waals surface area contributed by atoms with Crippen molar-refractivity contribution in [2.75, 3.05) is 6.66 Å². The van der Waals surface area contributed by atoms with Crippen LogP contribution in [0.4, 0.5) is 0 Å². The maximum absolute atomic E-state index is 7.33. The van der Waals surface area contributed by atoms with Crippen LogP contribution in [0.1, 0.15) is 45.2 Å². The molecule has 1 nitrogen and oxygen atoms in total. The van der Waals surface area contributed by atoms with Gasteiger partial charge >= 0.3 is 0 Å². The highest BCUT2D eigenvalue weighted by Gasteiger charge is 2.47. The highest BCUT2D eigenvalue weighted by atomic mass is 31.2. The van der Waals surface area contributed by atoms with Crippen LogP contribution in [0.15, 0.2) is 158 Å². The molecular weight excluding hydrogens is 594 g/mol. The molecule has 0 unspecified atom stereocenters. The van der Waals surface area contributed by atoms with Gasteiger partial charge < -0.3 is 4.74 Å². The first-order valence-corrected chi connectivity index (χ1v) is 19.8. The van der Waals surface area contributed by atoms with Gasteiger partial charge in [-0.2, -0.15) is 0 Å². The second-order valence-electron chi connectivity index (χ2n) is 12.4. The summed E-state index contributed by atoms with van der Waals surface area (Å²) < 4.78 is 7.33. The van der Waals surface area contributed by atoms with Crippen molar-refractivity contribution < 1.29 is 4.74 Å². The highest BCUT2D eigenvalue weighted by Crippen LogP contribution is 2.58. The summed E-state index contributed by atoms with van der Waals surface area (Å²) in [6.07, 6.45) is 1.25. The van der Waals surface area contributed by atoms with E-state index in [1.165, 1.54) is 49.4 Å². The van der Waals surface area contributed by atoms with E-state index in [0.29, 0.717) is 0 Å². The molecule has 0 amide bonds. The van der Waals surface area contributed by atoms with Crippen molar-refractivity contribution in [3.05, 3.63) is 169 Å². The standard InChI is InChI=1S/C40H35OP2.C3H8/c1-40(2)34-26-16-28-36(42(30-18-8-4-9-19-30)31-20-10-5-11-21-31)38(34)41-39-35(40)27-17-29-37(39)43(3,32-22-12-6-13-23-32)33-24-14-7-15-25-33;1-3-2/h4-29H,1-3H3;3H2,1-2H3/q+1;. The summed E-state index contributed by atoms with van der Waals surface area (Å²) in [5.74, 6) is 2.03. The molecule has 7 rings (SSSR count). The van der Waals surface area contributed by atoms with Crippen LogP contribution in [0.3, 0.4) is 0 Å². The van der Waals surface area contributed by atoms with E-state index in [1.807, 2.05) is 0 Å². The molecule has 1 heterocycles. The van der Waals surface area contributed by atoms with E-state index in [-0.39, 0.29) is 5.41 Å². The maximum Gasteiger partial charge on any atom is 0.174 e. The van der Waals surface area contributed by atoms with Crippen LogP contribution in [-0.2, 0) is 5.41 Å². The number of hydrogen-bond acceptors (Lipinski definition) is 1. The van der Waals surface area contributed by atoms with Crippen LogP contribution < -0.4 is 36.6 Å². The van der Waals surface area contributed by atoms with Crippen LogP contribution in [0.2, 0.25) is 0 Å². The molecule has 0 spiro atoms. The Bertz CT molecular complexity index is 1810. The van der Waals surface area contributed by atoms with Crippen molar-refractivity contribution in [3.63, 3.8) is 0 Å². The summed E-state index contributed by atoms with van der Waals surface area (Å²) in [5, 5.41) is 7.90. The van der Waals surface area contributed by atoms with Gasteiger partial charge in [0, 0.05) is 21.8 Å². The fraction of sp³-hybridized carbons (Fsp3) is 0.163. The molecule has 6 aromatic rings. The van der Waals surface area contributed by atoms with Gasteiger partial charge in [0.2, 0.25) is 0 Å². The van der Waals surface area contributed by atoms with E-state index in [0.717, 1.165) is 11.5 Å². The quantitative estimate of drug-likeness (QED) is 0.166. The molecular formula is C43H43OP2+. The molecule has 0 aliphatic carbocycles. The Kier molecular flexibility index (Phi) is 9.56. The predicted octanol–water partition coefficient (Wildman–Crippen LogP) is 9.22. The van der Waals surface area contributed by atoms with Crippen molar-refractivity contribution in [2.24, 2.45) is 0 Å². The lowest BCUT2D eigenvalue weighted by molar-refractivity contribution is 0.425. The van der Waals surface area contributed by atoms with Crippen molar-refractivity contribution in [1.29, 1.82) is 0 Å². The van der Waals surface area contributed by atoms with Gasteiger partial charge in [-0.15, -0.1) is 0 Å². The Morgan fingerprint density at radius 1 is 0.522 bits per heavy atom. The van der Waals surface area contributed by atoms with Gasteiger partial charge in [0.1, 0.15) is 28.9 Å². The molecule has 46 heavy (non-hydrogen) atoms. The molecule has 0 saturated carbocycles. The van der Waals surface area contributed by atoms with E-state index in [4.69, 9.17) is 4.74 Å². The summed E-state index contributed by atoms with van der Waals surface area (Å²) >= 11 is 0. The first-order valence-electron chi connectivity index (χ1n) is 16.2. The zero-order valence-electron chi connectivity index (χ0n) is 27.5. The number of hydrogen-bond donors (Lipinski definition) is 0. The molecule has 0 saturated heterocycles. The van der Waals surface area contributed by atoms with Gasteiger partial charge in [0.05, 0.1) is 6.66 Å². The second-order valence-corrected chi connectivity index (χ2v) is 18.1. The minimum atomic E-state index is -2.03. The van der Waals surface area contributed by atoms with Crippen LogP contribution in [-0.4, -0.2) is 6.66 Å². The lowest BCUT2D eigenvalue weighted by Crippen LogP contribution is -2.35. The molecule has 3 heteroatoms. The fourth-order valence-electron chi connectivity index (χ4n) is 6.48. The summed E-state index contributed by atoms with van der Waals surface area (Å²) in [5.41, 5.74) is 2.26. The van der Waals surface area contributed by atoms with Gasteiger partial charge in [-0.1, -0.05) is 162 Å². The Balaban J connectivity index is 0.00000119. The largest absolute Gasteiger partial charge is 0.452 e. The molecule has 0 radical (unpaired) electrons. The average Bonchev–Trinajstić information content (AvgIpc) is 3.10. The number of fused-ring (bicyclic) bond motifs is 2. The molecule has 1 aliphatic rings. The Hall–Kier alpha value is -4.02. The third kappa shape index (κ3) is 5.84. The van der Waals surface area contributed by atoms with E-state index < -0.39 is 15.2 Å². The highest BCUT2D eigenvalue weighted by molar-refractivity contribution is 7.95. The van der Waals surface area contributed by atoms with Crippen LogP contribution in [0.25, 0.3) is 0 Å². The minimum absolute atomic E-state index is 0.235. The van der Waals surface area contributed by atoms with Gasteiger partial charge in [-0.25, -0.2) is 0 Å². The normalized spacial score (nSPS) is 13.1. The Labute approximate surface area is 277 Å². The molecule has 230 valence electrons. The number of para-hydroxylation sites is 2. The molecule has 0 bridgehead atoms. The fourth-order valence-corrected chi connectivity index (χ4v) is 12.2. The first kappa shape index (κ1) is 31.9. The van der Waals surface area contributed by atoms with Crippen molar-refractivity contribution in [3.8, 4) is 11.5 Å². The zero-order chi connectivity index (χ0) is 32.1. The lowest BCUT2D eigenvalue weighted by atomic mass is 9.76. The molecule has 6 aromatic carbocycles. The minimum Gasteiger partial charge on any atom is -0.452 e. The summed E-state index contributed by atoms with van der Waals surface area (Å²) in [6, 6.07) is 57.5. The molecule has 0 fully saturated rings. The predicted molar refractivity (Wildman–Crippen MR) is 204 cm³/mol. The maximum atomic E-state index is 7.33. The van der Waals surface area contributed by atoms with Crippen molar-refractivity contribution >= 4 is 47.0 Å². The van der Waals surface area contributed by atoms with Gasteiger partial charge in [0.25, 0.3) is 0 Å². The van der Waals surface area contributed by atoms with Gasteiger partial charge in [-0.3, -0.25) is 0 Å². The summed E-state index contributed by atoms with van der Waals surface area (Å²) in [6.45, 7) is 11.4. The van der Waals surface area contributed by atoms with Gasteiger partial charge in [-0.05, 0) is 48.9 Å². The molecule has 0 N–H and O–H groups in total. The Morgan fingerprint density at radius 2 is 0.935 bits per heavy atom. The zero-order valence-corrected chi connectivity index (χ0v) is 29.3. The summed E-state index contributed by atoms with van der Waals surface area (Å²) in [4.78, 5) is 0. The third-order valence-corrected chi connectivity index (χ3v) is 15.3. The molecule has 0 aromatic heterocycles. The monoisotopic (exact) mass is 637 g/mol. The average molecular weight is 638 g/mol. The molecule has 1 aliphatic heterocycles. The van der Waals surface area contributed by atoms with E-state index in [2.05, 4.69) is 192 Å². The summed E-state index contributed by atoms with van der Waals surface area (Å²) in [7, 11) is -2.86. The van der Waals surface area contributed by atoms with E-state index >= 15 is 0 Å². The van der Waals surface area contributed by atoms with Gasteiger partial charge in [0.15, 0.2) is 5.75 Å². The topological polar surface area (TPSA) is 9.23 Å². The smallest absolute Gasteiger partial charge is 0.174 e. The van der Waals surface area contributed by atoms with Crippen LogP contribution in [0, 0.1) is 0 Å². The van der Waals surface area contributed by atoms with E-state index in [9.17, 15) is 0 Å². The first-order chi connectivity index (χ1) is 22.4. The van der Waals surface area contributed by atoms with Crippen molar-refractivity contribution in [1.82, 2.24) is 0 Å². The number of rotatable bonds is 6. The molecule has 0 atom stereocenters. The SMILES string of the molecule is CC1(C)c2cccc(P(c3ccccc3)c3ccccc3)c2Oc2c1cccc2[P+](C)(c1ccccc1)c1ccccc1.CCC. The Morgan fingerprint density at radius 3 is 1.41 bits per heavy atom. The lowest BCUT2D eigenvalue weighted by Gasteiger charge is -2.38. The second kappa shape index (κ2) is 13.8. The van der Waals surface area contributed by atoms with Crippen LogP contribution >= 0.6 is 15.2 Å². The van der Waals surface area contributed by atoms with Crippen LogP contribution in [0.5, 0.6) is 11.5 Å². The van der Waals surface area contributed by atoms with Crippen molar-refractivity contribution in [2.45, 2.75) is 39.5 Å². The number of benzene rings is 6.